The van der Waals surface area contributed by atoms with Crippen LogP contribution in [0, 0.1) is 18.7 Å². The van der Waals surface area contributed by atoms with Crippen molar-refractivity contribution < 1.29 is 12.8 Å². The maximum absolute atomic E-state index is 13.0. The fraction of sp³-hybridized carbons (Fsp3) is 0.571. The zero-order valence-corrected chi connectivity index (χ0v) is 13.0. The lowest BCUT2D eigenvalue weighted by Gasteiger charge is -2.27. The molecular formula is C14H19ClFNO2S. The summed E-state index contributed by atoms with van der Waals surface area (Å²) >= 11 is 6.23. The van der Waals surface area contributed by atoms with Crippen molar-refractivity contribution in [2.24, 2.45) is 5.92 Å². The second-order valence-electron chi connectivity index (χ2n) is 5.32. The predicted octanol–water partition coefficient (Wildman–Crippen LogP) is 3.21. The van der Waals surface area contributed by atoms with E-state index in [1.54, 1.807) is 6.92 Å². The molecule has 0 aliphatic heterocycles. The van der Waals surface area contributed by atoms with Crippen molar-refractivity contribution in [1.82, 2.24) is 4.72 Å². The van der Waals surface area contributed by atoms with E-state index in [9.17, 15) is 12.8 Å². The standard InChI is InChI=1S/C14H19ClFNO2S/c1-10-8-12(16)6-7-14(10)20(18,19)17-9-11-4-2-3-5-13(11)15/h6-8,11,13,17H,2-5,9H2,1H3. The average molecular weight is 320 g/mol. The summed E-state index contributed by atoms with van der Waals surface area (Å²) < 4.78 is 40.1. The third kappa shape index (κ3) is 3.71. The van der Waals surface area contributed by atoms with Crippen LogP contribution in [0.2, 0.25) is 0 Å². The topological polar surface area (TPSA) is 46.2 Å². The molecule has 1 saturated carbocycles. The summed E-state index contributed by atoms with van der Waals surface area (Å²) in [5.74, 6) is -0.268. The van der Waals surface area contributed by atoms with E-state index in [4.69, 9.17) is 11.6 Å². The highest BCUT2D eigenvalue weighted by atomic mass is 35.5. The third-order valence-electron chi connectivity index (χ3n) is 3.78. The fourth-order valence-electron chi connectivity index (χ4n) is 2.60. The van der Waals surface area contributed by atoms with Crippen molar-refractivity contribution >= 4 is 21.6 Å². The van der Waals surface area contributed by atoms with E-state index in [2.05, 4.69) is 4.72 Å². The summed E-state index contributed by atoms with van der Waals surface area (Å²) in [6.45, 7) is 1.93. The first-order valence-corrected chi connectivity index (χ1v) is 8.72. The Bertz CT molecular complexity index is 577. The fourth-order valence-corrected chi connectivity index (χ4v) is 4.29. The number of benzene rings is 1. The molecule has 2 unspecified atom stereocenters. The Kier molecular flexibility index (Phi) is 5.04. The highest BCUT2D eigenvalue weighted by molar-refractivity contribution is 7.89. The first-order valence-electron chi connectivity index (χ1n) is 6.80. The van der Waals surface area contributed by atoms with Crippen LogP contribution in [0.1, 0.15) is 31.2 Å². The molecule has 112 valence electrons. The van der Waals surface area contributed by atoms with Crippen LogP contribution in [-0.2, 0) is 10.0 Å². The quantitative estimate of drug-likeness (QED) is 0.866. The number of hydrogen-bond donors (Lipinski definition) is 1. The molecule has 0 radical (unpaired) electrons. The van der Waals surface area contributed by atoms with Crippen LogP contribution < -0.4 is 4.72 Å². The van der Waals surface area contributed by atoms with Crippen LogP contribution in [0.15, 0.2) is 23.1 Å². The Balaban J connectivity index is 2.07. The van der Waals surface area contributed by atoms with Crippen LogP contribution in [0.25, 0.3) is 0 Å². The van der Waals surface area contributed by atoms with Gasteiger partial charge in [0.05, 0.1) is 4.90 Å². The Hall–Kier alpha value is -0.650. The van der Waals surface area contributed by atoms with Gasteiger partial charge in [0.25, 0.3) is 0 Å². The van der Waals surface area contributed by atoms with E-state index in [-0.39, 0.29) is 16.2 Å². The molecule has 2 rings (SSSR count). The van der Waals surface area contributed by atoms with Crippen LogP contribution in [-0.4, -0.2) is 20.3 Å². The molecule has 6 heteroatoms. The van der Waals surface area contributed by atoms with Crippen molar-refractivity contribution in [3.8, 4) is 0 Å². The van der Waals surface area contributed by atoms with Gasteiger partial charge in [-0.2, -0.15) is 0 Å². The van der Waals surface area contributed by atoms with Gasteiger partial charge in [-0.15, -0.1) is 11.6 Å². The van der Waals surface area contributed by atoms with Gasteiger partial charge in [0.15, 0.2) is 0 Å². The molecule has 2 atom stereocenters. The SMILES string of the molecule is Cc1cc(F)ccc1S(=O)(=O)NCC1CCCCC1Cl. The number of rotatable bonds is 4. The minimum absolute atomic E-state index is 0.0285. The molecule has 0 saturated heterocycles. The molecule has 0 amide bonds. The second-order valence-corrected chi connectivity index (χ2v) is 7.62. The molecule has 1 aromatic rings. The third-order valence-corrected chi connectivity index (χ3v) is 5.94. The molecule has 0 bridgehead atoms. The van der Waals surface area contributed by atoms with Gasteiger partial charge in [0.1, 0.15) is 5.82 Å². The van der Waals surface area contributed by atoms with Crippen LogP contribution in [0.5, 0.6) is 0 Å². The number of hydrogen-bond acceptors (Lipinski definition) is 2. The summed E-state index contributed by atoms with van der Waals surface area (Å²) in [6, 6.07) is 3.68. The van der Waals surface area contributed by atoms with E-state index >= 15 is 0 Å². The molecule has 1 aliphatic carbocycles. The first-order chi connectivity index (χ1) is 9.40. The van der Waals surface area contributed by atoms with E-state index in [1.807, 2.05) is 0 Å². The maximum Gasteiger partial charge on any atom is 0.240 e. The lowest BCUT2D eigenvalue weighted by molar-refractivity contribution is 0.364. The molecule has 1 N–H and O–H groups in total. The zero-order valence-electron chi connectivity index (χ0n) is 11.4. The van der Waals surface area contributed by atoms with Crippen LogP contribution in [0.3, 0.4) is 0 Å². The van der Waals surface area contributed by atoms with E-state index in [1.165, 1.54) is 12.1 Å². The largest absolute Gasteiger partial charge is 0.240 e. The zero-order chi connectivity index (χ0) is 14.8. The Labute approximate surface area is 124 Å². The summed E-state index contributed by atoms with van der Waals surface area (Å²) in [7, 11) is -3.61. The van der Waals surface area contributed by atoms with Crippen molar-refractivity contribution in [3.05, 3.63) is 29.6 Å². The van der Waals surface area contributed by atoms with Crippen LogP contribution >= 0.6 is 11.6 Å². The Morgan fingerprint density at radius 2 is 2.05 bits per heavy atom. The lowest BCUT2D eigenvalue weighted by atomic mass is 9.89. The second kappa shape index (κ2) is 6.41. The molecular weight excluding hydrogens is 301 g/mol. The Morgan fingerprint density at radius 3 is 2.70 bits per heavy atom. The molecule has 20 heavy (non-hydrogen) atoms. The van der Waals surface area contributed by atoms with E-state index in [0.29, 0.717) is 12.1 Å². The van der Waals surface area contributed by atoms with Gasteiger partial charge in [-0.05, 0) is 49.4 Å². The molecule has 1 fully saturated rings. The highest BCUT2D eigenvalue weighted by Crippen LogP contribution is 2.28. The number of nitrogens with one attached hydrogen (secondary N) is 1. The van der Waals surface area contributed by atoms with Gasteiger partial charge in [-0.1, -0.05) is 12.8 Å². The highest BCUT2D eigenvalue weighted by Gasteiger charge is 2.25. The molecule has 1 aromatic carbocycles. The smallest absolute Gasteiger partial charge is 0.211 e. The first kappa shape index (κ1) is 15.7. The number of alkyl halides is 1. The summed E-state index contributed by atoms with van der Waals surface area (Å²) in [4.78, 5) is 0.126. The number of aryl methyl sites for hydroxylation is 1. The van der Waals surface area contributed by atoms with Gasteiger partial charge in [0.2, 0.25) is 10.0 Å². The van der Waals surface area contributed by atoms with Crippen molar-refractivity contribution in [2.45, 2.75) is 42.9 Å². The van der Waals surface area contributed by atoms with Crippen molar-refractivity contribution in [3.63, 3.8) is 0 Å². The van der Waals surface area contributed by atoms with Crippen molar-refractivity contribution in [1.29, 1.82) is 0 Å². The molecule has 0 aromatic heterocycles. The van der Waals surface area contributed by atoms with Crippen molar-refractivity contribution in [2.75, 3.05) is 6.54 Å². The molecule has 3 nitrogen and oxygen atoms in total. The van der Waals surface area contributed by atoms with Gasteiger partial charge in [-0.3, -0.25) is 0 Å². The van der Waals surface area contributed by atoms with Crippen LogP contribution in [0.4, 0.5) is 4.39 Å². The maximum atomic E-state index is 13.0. The van der Waals surface area contributed by atoms with Gasteiger partial charge >= 0.3 is 0 Å². The number of sulfonamides is 1. The van der Waals surface area contributed by atoms with Gasteiger partial charge < -0.3 is 0 Å². The molecule has 0 spiro atoms. The van der Waals surface area contributed by atoms with Gasteiger partial charge in [-0.25, -0.2) is 17.5 Å². The predicted molar refractivity (Wildman–Crippen MR) is 77.9 cm³/mol. The van der Waals surface area contributed by atoms with Gasteiger partial charge in [0, 0.05) is 11.9 Å². The summed E-state index contributed by atoms with van der Waals surface area (Å²) in [5, 5.41) is 0.0285. The van der Waals surface area contributed by atoms with E-state index < -0.39 is 15.8 Å². The Morgan fingerprint density at radius 1 is 1.35 bits per heavy atom. The van der Waals surface area contributed by atoms with E-state index in [0.717, 1.165) is 31.7 Å². The normalized spacial score (nSPS) is 23.8. The monoisotopic (exact) mass is 319 g/mol. The summed E-state index contributed by atoms with van der Waals surface area (Å²) in [6.07, 6.45) is 4.07. The molecule has 0 heterocycles. The lowest BCUT2D eigenvalue weighted by Crippen LogP contribution is -2.35. The molecule has 1 aliphatic rings. The number of halogens is 2. The minimum Gasteiger partial charge on any atom is -0.211 e. The minimum atomic E-state index is -3.61. The summed E-state index contributed by atoms with van der Waals surface area (Å²) in [5.41, 5.74) is 0.406. The average Bonchev–Trinajstić information content (AvgIpc) is 2.37.